The lowest BCUT2D eigenvalue weighted by atomic mass is 10.1. The molecule has 90 valence electrons. The van der Waals surface area contributed by atoms with E-state index >= 15 is 0 Å². The largest absolute Gasteiger partial charge is 0.306 e. The van der Waals surface area contributed by atoms with Crippen molar-refractivity contribution >= 4 is 38.9 Å². The molecule has 2 rings (SSSR count). The fourth-order valence-electron chi connectivity index (χ4n) is 1.58. The Balaban J connectivity index is 1.93. The summed E-state index contributed by atoms with van der Waals surface area (Å²) >= 11 is 11.0. The van der Waals surface area contributed by atoms with Gasteiger partial charge in [-0.25, -0.2) is 0 Å². The van der Waals surface area contributed by atoms with Crippen LogP contribution in [0.15, 0.2) is 39.5 Å². The molecule has 4 heteroatoms. The van der Waals surface area contributed by atoms with Gasteiger partial charge in [0.05, 0.1) is 3.79 Å². The molecular formula is C13H13BrClNS. The van der Waals surface area contributed by atoms with Crippen LogP contribution in [0.2, 0.25) is 5.02 Å². The second-order valence-electron chi connectivity index (χ2n) is 3.91. The van der Waals surface area contributed by atoms with Crippen molar-refractivity contribution in [3.8, 4) is 0 Å². The maximum atomic E-state index is 5.87. The van der Waals surface area contributed by atoms with E-state index < -0.39 is 0 Å². The Bertz CT molecular complexity index is 480. The number of halogens is 2. The van der Waals surface area contributed by atoms with Gasteiger partial charge in [0.25, 0.3) is 0 Å². The predicted octanol–water partition coefficient (Wildman–Crippen LogP) is 5.01. The molecule has 1 nitrogen and oxygen atoms in total. The van der Waals surface area contributed by atoms with Gasteiger partial charge >= 0.3 is 0 Å². The lowest BCUT2D eigenvalue weighted by molar-refractivity contribution is 0.575. The topological polar surface area (TPSA) is 12.0 Å². The van der Waals surface area contributed by atoms with Gasteiger partial charge in [-0.05, 0) is 57.6 Å². The zero-order chi connectivity index (χ0) is 12.3. The second-order valence-corrected chi connectivity index (χ2v) is 6.64. The first-order valence-corrected chi connectivity index (χ1v) is 7.42. The first kappa shape index (κ1) is 13.1. The van der Waals surface area contributed by atoms with Gasteiger partial charge in [0, 0.05) is 17.6 Å². The number of benzene rings is 1. The molecule has 0 saturated carbocycles. The van der Waals surface area contributed by atoms with Crippen LogP contribution in [0.25, 0.3) is 0 Å². The average molecular weight is 331 g/mol. The maximum absolute atomic E-state index is 5.87. The van der Waals surface area contributed by atoms with Crippen molar-refractivity contribution in [2.75, 3.05) is 0 Å². The second kappa shape index (κ2) is 6.01. The molecule has 0 aliphatic heterocycles. The summed E-state index contributed by atoms with van der Waals surface area (Å²) < 4.78 is 1.17. The molecule has 0 radical (unpaired) electrons. The molecule has 1 atom stereocenters. The van der Waals surface area contributed by atoms with Gasteiger partial charge in [0.15, 0.2) is 0 Å². The summed E-state index contributed by atoms with van der Waals surface area (Å²) in [4.78, 5) is 0. The fraction of sp³-hybridized carbons (Fsp3) is 0.231. The van der Waals surface area contributed by atoms with Gasteiger partial charge < -0.3 is 5.32 Å². The smallest absolute Gasteiger partial charge is 0.0701 e. The van der Waals surface area contributed by atoms with Crippen LogP contribution in [0.1, 0.15) is 24.1 Å². The van der Waals surface area contributed by atoms with E-state index in [0.717, 1.165) is 11.6 Å². The lowest BCUT2D eigenvalue weighted by Crippen LogP contribution is -2.17. The molecule has 1 aromatic heterocycles. The summed E-state index contributed by atoms with van der Waals surface area (Å²) in [6.07, 6.45) is 0. The summed E-state index contributed by atoms with van der Waals surface area (Å²) in [5.74, 6) is 0. The van der Waals surface area contributed by atoms with Gasteiger partial charge in [0.2, 0.25) is 0 Å². The van der Waals surface area contributed by atoms with Crippen LogP contribution >= 0.6 is 38.9 Å². The van der Waals surface area contributed by atoms with E-state index in [-0.39, 0.29) is 0 Å². The Morgan fingerprint density at radius 1 is 1.35 bits per heavy atom. The average Bonchev–Trinajstić information content (AvgIpc) is 2.73. The minimum absolute atomic E-state index is 0.325. The van der Waals surface area contributed by atoms with E-state index in [4.69, 9.17) is 11.6 Å². The van der Waals surface area contributed by atoms with Crippen LogP contribution in [0.3, 0.4) is 0 Å². The van der Waals surface area contributed by atoms with Crippen molar-refractivity contribution in [3.05, 3.63) is 55.6 Å². The monoisotopic (exact) mass is 329 g/mol. The zero-order valence-corrected chi connectivity index (χ0v) is 12.6. The molecule has 1 aromatic carbocycles. The minimum atomic E-state index is 0.325. The third-order valence-corrected chi connectivity index (χ3v) is 4.41. The van der Waals surface area contributed by atoms with E-state index in [1.54, 1.807) is 11.3 Å². The molecule has 1 heterocycles. The molecule has 0 aliphatic carbocycles. The first-order valence-electron chi connectivity index (χ1n) is 5.37. The fourth-order valence-corrected chi connectivity index (χ4v) is 2.91. The third-order valence-electron chi connectivity index (χ3n) is 2.60. The number of thiophene rings is 1. The van der Waals surface area contributed by atoms with Gasteiger partial charge in [-0.3, -0.25) is 0 Å². The SMILES string of the molecule is C[C@H](NCc1csc(Br)c1)c1ccc(Cl)cc1. The van der Waals surface area contributed by atoms with Crippen LogP contribution in [0.4, 0.5) is 0 Å². The molecule has 0 unspecified atom stereocenters. The van der Waals surface area contributed by atoms with Crippen molar-refractivity contribution < 1.29 is 0 Å². The summed E-state index contributed by atoms with van der Waals surface area (Å²) in [6.45, 7) is 3.04. The molecule has 0 bridgehead atoms. The van der Waals surface area contributed by atoms with E-state index in [9.17, 15) is 0 Å². The van der Waals surface area contributed by atoms with Crippen molar-refractivity contribution in [1.82, 2.24) is 5.32 Å². The number of hydrogen-bond donors (Lipinski definition) is 1. The van der Waals surface area contributed by atoms with Crippen molar-refractivity contribution in [2.45, 2.75) is 19.5 Å². The highest BCUT2D eigenvalue weighted by Gasteiger charge is 2.05. The van der Waals surface area contributed by atoms with Crippen LogP contribution in [-0.2, 0) is 6.54 Å². The Morgan fingerprint density at radius 3 is 2.65 bits per heavy atom. The summed E-state index contributed by atoms with van der Waals surface area (Å²) in [5, 5.41) is 6.43. The Hall–Kier alpha value is -0.350. The molecule has 1 N–H and O–H groups in total. The van der Waals surface area contributed by atoms with Crippen LogP contribution in [-0.4, -0.2) is 0 Å². The summed E-state index contributed by atoms with van der Waals surface area (Å²) in [7, 11) is 0. The highest BCUT2D eigenvalue weighted by atomic mass is 79.9. The number of nitrogens with one attached hydrogen (secondary N) is 1. The minimum Gasteiger partial charge on any atom is -0.306 e. The standard InChI is InChI=1S/C13H13BrClNS/c1-9(11-2-4-12(15)5-3-11)16-7-10-6-13(14)17-8-10/h2-6,8-9,16H,7H2,1H3/t9-/m0/s1. The summed E-state index contributed by atoms with van der Waals surface area (Å²) in [5.41, 5.74) is 2.56. The Morgan fingerprint density at radius 2 is 2.06 bits per heavy atom. The van der Waals surface area contributed by atoms with Crippen LogP contribution < -0.4 is 5.32 Å². The van der Waals surface area contributed by atoms with Crippen LogP contribution in [0.5, 0.6) is 0 Å². The van der Waals surface area contributed by atoms with E-state index in [1.807, 2.05) is 12.1 Å². The van der Waals surface area contributed by atoms with E-state index in [2.05, 4.69) is 51.7 Å². The molecule has 17 heavy (non-hydrogen) atoms. The molecule has 0 spiro atoms. The normalized spacial score (nSPS) is 12.6. The van der Waals surface area contributed by atoms with Gasteiger partial charge in [-0.15, -0.1) is 11.3 Å². The van der Waals surface area contributed by atoms with Crippen LogP contribution in [0, 0.1) is 0 Å². The highest BCUT2D eigenvalue weighted by Crippen LogP contribution is 2.21. The number of rotatable bonds is 4. The molecule has 2 aromatic rings. The first-order chi connectivity index (χ1) is 8.15. The molecule has 0 aliphatic rings. The lowest BCUT2D eigenvalue weighted by Gasteiger charge is -2.13. The number of hydrogen-bond acceptors (Lipinski definition) is 2. The quantitative estimate of drug-likeness (QED) is 0.830. The van der Waals surface area contributed by atoms with E-state index in [0.29, 0.717) is 6.04 Å². The molecule has 0 amide bonds. The maximum Gasteiger partial charge on any atom is 0.0701 e. The van der Waals surface area contributed by atoms with Crippen molar-refractivity contribution in [3.63, 3.8) is 0 Å². The van der Waals surface area contributed by atoms with Gasteiger partial charge in [-0.1, -0.05) is 23.7 Å². The highest BCUT2D eigenvalue weighted by molar-refractivity contribution is 9.11. The van der Waals surface area contributed by atoms with Crippen molar-refractivity contribution in [1.29, 1.82) is 0 Å². The third kappa shape index (κ3) is 3.81. The van der Waals surface area contributed by atoms with E-state index in [1.165, 1.54) is 14.9 Å². The molecule has 0 fully saturated rings. The molecule has 0 saturated heterocycles. The molecular weight excluding hydrogens is 318 g/mol. The predicted molar refractivity (Wildman–Crippen MR) is 78.7 cm³/mol. The Labute approximate surface area is 119 Å². The van der Waals surface area contributed by atoms with Crippen molar-refractivity contribution in [2.24, 2.45) is 0 Å². The zero-order valence-electron chi connectivity index (χ0n) is 9.41. The van der Waals surface area contributed by atoms with Gasteiger partial charge in [0.1, 0.15) is 0 Å². The Kier molecular flexibility index (Phi) is 4.62. The summed E-state index contributed by atoms with van der Waals surface area (Å²) in [6, 6.07) is 10.4. The van der Waals surface area contributed by atoms with Gasteiger partial charge in [-0.2, -0.15) is 0 Å².